The number of likely N-dealkylation sites (N-methyl/N-ethyl adjacent to an activating group) is 2. The Kier molecular flexibility index (Phi) is 8.28. The highest BCUT2D eigenvalue weighted by Gasteiger charge is 2.27. The summed E-state index contributed by atoms with van der Waals surface area (Å²) in [5.74, 6) is 0.299. The number of ether oxygens (including phenoxy) is 1. The predicted molar refractivity (Wildman–Crippen MR) is 161 cm³/mol. The average molecular weight is 573 g/mol. The van der Waals surface area contributed by atoms with Crippen LogP contribution in [0, 0.1) is 5.82 Å². The zero-order chi connectivity index (χ0) is 29.1. The maximum Gasteiger partial charge on any atom is 0.253 e. The van der Waals surface area contributed by atoms with Crippen molar-refractivity contribution in [2.45, 2.75) is 6.42 Å². The van der Waals surface area contributed by atoms with Crippen molar-refractivity contribution in [1.29, 1.82) is 0 Å². The summed E-state index contributed by atoms with van der Waals surface area (Å²) in [5, 5.41) is 3.43. The van der Waals surface area contributed by atoms with Crippen LogP contribution in [0.3, 0.4) is 0 Å². The quantitative estimate of drug-likeness (QED) is 0.381. The van der Waals surface area contributed by atoms with Gasteiger partial charge in [0.25, 0.3) is 5.91 Å². The van der Waals surface area contributed by atoms with Gasteiger partial charge in [-0.1, -0.05) is 23.7 Å². The molecule has 1 aliphatic carbocycles. The number of nitrogens with one attached hydrogen (secondary N) is 1. The number of aliphatic imine (C=N–C) groups is 1. The van der Waals surface area contributed by atoms with Crippen LogP contribution in [0.2, 0.25) is 0 Å². The van der Waals surface area contributed by atoms with Crippen LogP contribution in [0.5, 0.6) is 5.75 Å². The lowest BCUT2D eigenvalue weighted by Crippen LogP contribution is -2.33. The van der Waals surface area contributed by atoms with E-state index in [1.54, 1.807) is 54.7 Å². The molecule has 0 fully saturated rings. The number of anilines is 2. The van der Waals surface area contributed by atoms with Gasteiger partial charge in [-0.3, -0.25) is 4.79 Å². The Balaban J connectivity index is 1.41. The highest BCUT2D eigenvalue weighted by Crippen LogP contribution is 2.43. The Morgan fingerprint density at radius 3 is 2.59 bits per heavy atom. The molecule has 2 heterocycles. The molecule has 3 aromatic rings. The Labute approximate surface area is 243 Å². The normalized spacial score (nSPS) is 14.1. The van der Waals surface area contributed by atoms with Crippen molar-refractivity contribution in [2.75, 3.05) is 46.7 Å². The van der Waals surface area contributed by atoms with E-state index in [0.717, 1.165) is 23.4 Å². The van der Waals surface area contributed by atoms with Crippen molar-refractivity contribution in [3.8, 4) is 5.75 Å². The van der Waals surface area contributed by atoms with Crippen molar-refractivity contribution in [2.24, 2.45) is 4.99 Å². The summed E-state index contributed by atoms with van der Waals surface area (Å²) in [4.78, 5) is 30.2. The molecule has 1 N–H and O–H groups in total. The smallest absolute Gasteiger partial charge is 0.253 e. The monoisotopic (exact) mass is 572 g/mol. The number of hydrogen-bond donors (Lipinski definition) is 1. The first-order valence-electron chi connectivity index (χ1n) is 13.1. The molecule has 5 rings (SSSR count). The molecule has 1 aromatic heterocycles. The van der Waals surface area contributed by atoms with Gasteiger partial charge >= 0.3 is 0 Å². The van der Waals surface area contributed by atoms with E-state index in [2.05, 4.69) is 15.3 Å². The van der Waals surface area contributed by atoms with Crippen LogP contribution in [-0.2, 0) is 6.42 Å². The average Bonchev–Trinajstić information content (AvgIpc) is 3.14. The molecule has 0 bridgehead atoms. The molecule has 41 heavy (non-hydrogen) atoms. The minimum atomic E-state index is -0.427. The van der Waals surface area contributed by atoms with Crippen LogP contribution in [0.25, 0.3) is 11.1 Å². The molecule has 0 spiro atoms. The van der Waals surface area contributed by atoms with Gasteiger partial charge in [-0.25, -0.2) is 19.4 Å². The number of benzene rings is 2. The number of allylic oxidation sites excluding steroid dienone is 5. The number of halogens is 2. The van der Waals surface area contributed by atoms with Crippen LogP contribution in [-0.4, -0.2) is 72.2 Å². The van der Waals surface area contributed by atoms with E-state index < -0.39 is 5.82 Å². The summed E-state index contributed by atoms with van der Waals surface area (Å²) < 4.78 is 20.6. The number of carbonyl (C=O) groups excluding carboxylic acids is 1. The van der Waals surface area contributed by atoms with Crippen molar-refractivity contribution in [3.05, 3.63) is 101 Å². The van der Waals surface area contributed by atoms with E-state index in [-0.39, 0.29) is 11.1 Å². The van der Waals surface area contributed by atoms with Crippen molar-refractivity contribution < 1.29 is 13.9 Å². The summed E-state index contributed by atoms with van der Waals surface area (Å²) in [6, 6.07) is 11.9. The second kappa shape index (κ2) is 12.0. The maximum absolute atomic E-state index is 15.1. The molecule has 0 atom stereocenters. The molecule has 8 nitrogen and oxygen atoms in total. The van der Waals surface area contributed by atoms with E-state index in [9.17, 15) is 4.79 Å². The summed E-state index contributed by atoms with van der Waals surface area (Å²) in [5.41, 5.74) is 5.23. The van der Waals surface area contributed by atoms with Crippen LogP contribution >= 0.6 is 11.6 Å². The molecular formula is C31H30ClFN6O2. The molecule has 0 radical (unpaired) electrons. The van der Waals surface area contributed by atoms with Gasteiger partial charge < -0.3 is 19.9 Å². The second-order valence-electron chi connectivity index (χ2n) is 9.99. The van der Waals surface area contributed by atoms with Gasteiger partial charge in [0, 0.05) is 54.9 Å². The standard InChI is InChI=1S/C31H30ClFN6O2/c1-38(2)14-15-39(3)30(40)19-8-11-21(12-9-19)36-31-35-17-20-10-13-22-23(28-25(33)6-5-7-26(28)41-4)16-27(32)34-18-24(22)29(20)37-31/h5-9,11-13,16-18H,10,14-15H2,1-4H3,(H,35,36,37). The molecule has 1 amide bonds. The lowest BCUT2D eigenvalue weighted by Gasteiger charge is -2.22. The highest BCUT2D eigenvalue weighted by atomic mass is 35.5. The van der Waals surface area contributed by atoms with Crippen LogP contribution < -0.4 is 10.1 Å². The Bertz CT molecular complexity index is 1610. The van der Waals surface area contributed by atoms with Gasteiger partial charge in [-0.05, 0) is 74.1 Å². The number of hydrogen-bond acceptors (Lipinski definition) is 7. The Hall–Kier alpha value is -4.34. The first-order valence-corrected chi connectivity index (χ1v) is 13.5. The van der Waals surface area contributed by atoms with Gasteiger partial charge in [0.05, 0.1) is 18.4 Å². The van der Waals surface area contributed by atoms with Crippen molar-refractivity contribution >= 4 is 45.5 Å². The number of methoxy groups -OCH3 is 1. The molecule has 0 unspecified atom stereocenters. The zero-order valence-corrected chi connectivity index (χ0v) is 24.0. The minimum absolute atomic E-state index is 0.0439. The largest absolute Gasteiger partial charge is 0.496 e. The van der Waals surface area contributed by atoms with Gasteiger partial charge in [0.15, 0.2) is 0 Å². The fraction of sp³-hybridized carbons (Fsp3) is 0.226. The summed E-state index contributed by atoms with van der Waals surface area (Å²) in [7, 11) is 7.25. The molecule has 2 aliphatic rings. The number of amides is 1. The first-order chi connectivity index (χ1) is 19.7. The van der Waals surface area contributed by atoms with E-state index in [4.69, 9.17) is 21.3 Å². The number of fused-ring (bicyclic) bond motifs is 3. The minimum Gasteiger partial charge on any atom is -0.496 e. The Morgan fingerprint density at radius 2 is 1.85 bits per heavy atom. The van der Waals surface area contributed by atoms with E-state index in [0.29, 0.717) is 52.6 Å². The highest BCUT2D eigenvalue weighted by molar-refractivity contribution is 6.69. The van der Waals surface area contributed by atoms with Crippen LogP contribution in [0.1, 0.15) is 27.2 Å². The first kappa shape index (κ1) is 28.2. The van der Waals surface area contributed by atoms with Crippen LogP contribution in [0.15, 0.2) is 77.6 Å². The zero-order valence-electron chi connectivity index (χ0n) is 23.3. The summed E-state index contributed by atoms with van der Waals surface area (Å²) in [6.45, 7) is 1.42. The van der Waals surface area contributed by atoms with Gasteiger partial charge in [-0.2, -0.15) is 0 Å². The SMILES string of the molecule is COc1cccc(F)c1C1=CC(Cl)=NC=C2C1=CCc1cnc(Nc3ccc(C(=O)N(C)CCN(C)C)cc3)nc12. The summed E-state index contributed by atoms with van der Waals surface area (Å²) in [6.07, 6.45) is 7.60. The van der Waals surface area contributed by atoms with Crippen molar-refractivity contribution in [1.82, 2.24) is 19.8 Å². The van der Waals surface area contributed by atoms with Crippen molar-refractivity contribution in [3.63, 3.8) is 0 Å². The molecule has 0 saturated heterocycles. The lowest BCUT2D eigenvalue weighted by atomic mass is 9.84. The molecule has 1 aliphatic heterocycles. The van der Waals surface area contributed by atoms with E-state index >= 15 is 4.39 Å². The van der Waals surface area contributed by atoms with Gasteiger partial charge in [0.1, 0.15) is 16.7 Å². The fourth-order valence-electron chi connectivity index (χ4n) is 4.69. The third-order valence-electron chi connectivity index (χ3n) is 6.89. The molecule has 2 aromatic carbocycles. The van der Waals surface area contributed by atoms with Gasteiger partial charge in [0.2, 0.25) is 5.95 Å². The molecular weight excluding hydrogens is 543 g/mol. The number of carbonyl (C=O) groups is 1. The number of rotatable bonds is 8. The fourth-order valence-corrected chi connectivity index (χ4v) is 4.84. The predicted octanol–water partition coefficient (Wildman–Crippen LogP) is 5.56. The number of nitrogens with zero attached hydrogens (tertiary/aromatic N) is 5. The van der Waals surface area contributed by atoms with E-state index in [1.807, 2.05) is 37.2 Å². The maximum atomic E-state index is 15.1. The third-order valence-corrected chi connectivity index (χ3v) is 7.10. The van der Waals surface area contributed by atoms with E-state index in [1.165, 1.54) is 13.2 Å². The number of aromatic nitrogens is 2. The van der Waals surface area contributed by atoms with Crippen LogP contribution in [0.4, 0.5) is 16.0 Å². The third kappa shape index (κ3) is 6.06. The summed E-state index contributed by atoms with van der Waals surface area (Å²) >= 11 is 6.39. The van der Waals surface area contributed by atoms with Gasteiger partial charge in [-0.15, -0.1) is 0 Å². The molecule has 0 saturated carbocycles. The lowest BCUT2D eigenvalue weighted by molar-refractivity contribution is 0.0786. The molecule has 210 valence electrons. The second-order valence-corrected chi connectivity index (χ2v) is 10.4. The Morgan fingerprint density at radius 1 is 1.07 bits per heavy atom. The topological polar surface area (TPSA) is 83.0 Å². The molecule has 10 heteroatoms.